The number of Topliss-reactive ketones (excluding diaryl/α,β-unsaturated/α-hetero) is 1. The van der Waals surface area contributed by atoms with Crippen molar-refractivity contribution in [2.75, 3.05) is 105 Å². The SMILES string of the molecule is CCC(C)C(NC(=O)COCCNC(=O)C(CCC(=O)O)NC(=O)C(CCC(=O)O)NC(=O)CN1CCC(CN2CCN(CC(=O)O)CCN(CC(=O)O)CC2)CC1)C(=O)N[C@H]1CCn2ccc3c2C(=C[C@@H](C(=O)N[C@H]2CC(=O)O[C@@H]2OC)C3)C1=O. The zero-order chi connectivity index (χ0) is 62.6. The molecule has 3 saturated heterocycles. The third-order valence-corrected chi connectivity index (χ3v) is 16.2. The Morgan fingerprint density at radius 1 is 0.686 bits per heavy atom. The number of hydrogen-bond acceptors (Lipinski definition) is 19. The van der Waals surface area contributed by atoms with Crippen molar-refractivity contribution in [1.82, 2.24) is 56.1 Å². The number of nitrogens with one attached hydrogen (secondary N) is 6. The molecular weight excluding hydrogens is 1130 g/mol. The number of amides is 6. The fourth-order valence-electron chi connectivity index (χ4n) is 11.3. The van der Waals surface area contributed by atoms with Crippen molar-refractivity contribution >= 4 is 76.6 Å². The number of aliphatic carboxylic acids is 4. The van der Waals surface area contributed by atoms with E-state index in [1.54, 1.807) is 22.8 Å². The molecule has 476 valence electrons. The van der Waals surface area contributed by atoms with Crippen molar-refractivity contribution in [2.45, 2.75) is 121 Å². The average molecular weight is 1210 g/mol. The molecule has 30 nitrogen and oxygen atoms in total. The number of nitrogens with zero attached hydrogens (tertiary/aromatic N) is 5. The van der Waals surface area contributed by atoms with Crippen LogP contribution in [0.3, 0.4) is 0 Å². The number of methoxy groups -OCH3 is 1. The lowest BCUT2D eigenvalue weighted by Crippen LogP contribution is -2.55. The van der Waals surface area contributed by atoms with E-state index in [1.165, 1.54) is 7.11 Å². The van der Waals surface area contributed by atoms with Crippen LogP contribution in [-0.4, -0.2) is 258 Å². The van der Waals surface area contributed by atoms with Crippen LogP contribution < -0.4 is 31.9 Å². The molecule has 1 aromatic rings. The van der Waals surface area contributed by atoms with Gasteiger partial charge in [-0.15, -0.1) is 0 Å². The van der Waals surface area contributed by atoms with Crippen molar-refractivity contribution in [3.05, 3.63) is 29.6 Å². The highest BCUT2D eigenvalue weighted by molar-refractivity contribution is 6.25. The Morgan fingerprint density at radius 3 is 1.88 bits per heavy atom. The quantitative estimate of drug-likeness (QED) is 0.0263. The number of carboxylic acids is 4. The van der Waals surface area contributed by atoms with Gasteiger partial charge in [-0.3, -0.25) is 72.2 Å². The number of carbonyl (C=O) groups is 12. The van der Waals surface area contributed by atoms with Crippen LogP contribution in [-0.2, 0) is 84.7 Å². The molecule has 4 aliphatic heterocycles. The molecule has 6 amide bonds. The minimum Gasteiger partial charge on any atom is -0.481 e. The number of ether oxygens (including phenoxy) is 3. The Balaban J connectivity index is 0.959. The van der Waals surface area contributed by atoms with Crippen LogP contribution in [0.1, 0.15) is 82.9 Å². The monoisotopic (exact) mass is 1210 g/mol. The zero-order valence-electron chi connectivity index (χ0n) is 49.0. The summed E-state index contributed by atoms with van der Waals surface area (Å²) in [4.78, 5) is 161. The van der Waals surface area contributed by atoms with Crippen LogP contribution in [0.25, 0.3) is 5.57 Å². The zero-order valence-corrected chi connectivity index (χ0v) is 49.0. The van der Waals surface area contributed by atoms with Crippen molar-refractivity contribution < 1.29 is 92.2 Å². The minimum atomic E-state index is -1.45. The van der Waals surface area contributed by atoms with Crippen LogP contribution in [0, 0.1) is 17.8 Å². The van der Waals surface area contributed by atoms with Crippen molar-refractivity contribution in [3.8, 4) is 0 Å². The van der Waals surface area contributed by atoms with Crippen molar-refractivity contribution in [2.24, 2.45) is 17.8 Å². The van der Waals surface area contributed by atoms with Gasteiger partial charge in [0.25, 0.3) is 0 Å². The lowest BCUT2D eigenvalue weighted by atomic mass is 9.85. The Kier molecular flexibility index (Phi) is 25.9. The summed E-state index contributed by atoms with van der Waals surface area (Å²) in [5.74, 6) is -10.5. The summed E-state index contributed by atoms with van der Waals surface area (Å²) in [6.07, 6.45) is 2.91. The fourth-order valence-corrected chi connectivity index (χ4v) is 11.3. The molecule has 0 radical (unpaired) electrons. The predicted octanol–water partition coefficient (Wildman–Crippen LogP) is -2.93. The third-order valence-electron chi connectivity index (χ3n) is 16.2. The number of hydrogen-bond donors (Lipinski definition) is 10. The maximum absolute atomic E-state index is 14.2. The van der Waals surface area contributed by atoms with E-state index >= 15 is 0 Å². The number of ketones is 1. The third kappa shape index (κ3) is 20.7. The maximum Gasteiger partial charge on any atom is 0.317 e. The molecular formula is C56H83N11O19. The van der Waals surface area contributed by atoms with Crippen LogP contribution >= 0.6 is 0 Å². The highest BCUT2D eigenvalue weighted by atomic mass is 16.7. The molecule has 0 saturated carbocycles. The lowest BCUT2D eigenvalue weighted by molar-refractivity contribution is -0.160. The van der Waals surface area contributed by atoms with E-state index < -0.39 is 139 Å². The summed E-state index contributed by atoms with van der Waals surface area (Å²) in [7, 11) is 1.36. The summed E-state index contributed by atoms with van der Waals surface area (Å²) in [6.45, 7) is 7.19. The van der Waals surface area contributed by atoms with Gasteiger partial charge >= 0.3 is 29.8 Å². The maximum atomic E-state index is 14.2. The second-order valence-corrected chi connectivity index (χ2v) is 22.6. The number of carboxylic acid groups (broad SMARTS) is 4. The van der Waals surface area contributed by atoms with Gasteiger partial charge < -0.3 is 76.0 Å². The Bertz CT molecular complexity index is 2630. The summed E-state index contributed by atoms with van der Waals surface area (Å²) < 4.78 is 17.7. The molecule has 5 aliphatic rings. The minimum absolute atomic E-state index is 0.0785. The first kappa shape index (κ1) is 67.7. The molecule has 10 N–H and O–H groups in total. The van der Waals surface area contributed by atoms with Crippen LogP contribution in [0.15, 0.2) is 18.3 Å². The summed E-state index contributed by atoms with van der Waals surface area (Å²) >= 11 is 0. The first-order chi connectivity index (χ1) is 41.0. The number of rotatable bonds is 31. The van der Waals surface area contributed by atoms with Gasteiger partial charge in [-0.2, -0.15) is 0 Å². The number of likely N-dealkylation sites (tertiary alicyclic amines) is 1. The van der Waals surface area contributed by atoms with Crippen LogP contribution in [0.4, 0.5) is 0 Å². The number of esters is 1. The summed E-state index contributed by atoms with van der Waals surface area (Å²) in [5.41, 5.74) is 1.67. The Hall–Kier alpha value is -7.38. The van der Waals surface area contributed by atoms with E-state index in [4.69, 9.17) is 14.2 Å². The van der Waals surface area contributed by atoms with Crippen LogP contribution in [0.2, 0.25) is 0 Å². The topological polar surface area (TPSA) is 404 Å². The Labute approximate surface area is 497 Å². The molecule has 3 fully saturated rings. The molecule has 0 spiro atoms. The molecule has 86 heavy (non-hydrogen) atoms. The van der Waals surface area contributed by atoms with Gasteiger partial charge in [0.2, 0.25) is 41.7 Å². The fraction of sp³-hybridized carbons (Fsp3) is 0.679. The van der Waals surface area contributed by atoms with Gasteiger partial charge in [0.15, 0.2) is 5.78 Å². The average Bonchev–Trinajstić information content (AvgIpc) is 1.68. The van der Waals surface area contributed by atoms with Crippen LogP contribution in [0.5, 0.6) is 0 Å². The molecule has 0 aromatic carbocycles. The largest absolute Gasteiger partial charge is 0.481 e. The van der Waals surface area contributed by atoms with E-state index in [-0.39, 0.29) is 70.0 Å². The van der Waals surface area contributed by atoms with E-state index in [0.29, 0.717) is 96.8 Å². The van der Waals surface area contributed by atoms with Gasteiger partial charge in [0.05, 0.1) is 50.3 Å². The lowest BCUT2D eigenvalue weighted by Gasteiger charge is -2.35. The predicted molar refractivity (Wildman–Crippen MR) is 301 cm³/mol. The first-order valence-electron chi connectivity index (χ1n) is 29.3. The smallest absolute Gasteiger partial charge is 0.317 e. The van der Waals surface area contributed by atoms with Gasteiger partial charge in [-0.05, 0) is 75.1 Å². The molecule has 30 heteroatoms. The van der Waals surface area contributed by atoms with Gasteiger partial charge in [0.1, 0.15) is 30.8 Å². The molecule has 1 aliphatic carbocycles. The van der Waals surface area contributed by atoms with E-state index in [2.05, 4.69) is 36.8 Å². The van der Waals surface area contributed by atoms with E-state index in [1.807, 2.05) is 28.7 Å². The number of aryl methyl sites for hydroxylation is 1. The van der Waals surface area contributed by atoms with Crippen molar-refractivity contribution in [3.63, 3.8) is 0 Å². The molecule has 6 rings (SSSR count). The van der Waals surface area contributed by atoms with Gasteiger partial charge in [-0.1, -0.05) is 26.3 Å². The van der Waals surface area contributed by atoms with E-state index in [0.717, 1.165) is 5.56 Å². The first-order valence-corrected chi connectivity index (χ1v) is 29.3. The molecule has 4 unspecified atom stereocenters. The normalized spacial score (nSPS) is 22.1. The molecule has 5 heterocycles. The number of aromatic nitrogens is 1. The van der Waals surface area contributed by atoms with E-state index in [9.17, 15) is 78.0 Å². The second kappa shape index (κ2) is 32.9. The Morgan fingerprint density at radius 2 is 1.29 bits per heavy atom. The summed E-state index contributed by atoms with van der Waals surface area (Å²) in [5, 5.41) is 53.6. The summed E-state index contributed by atoms with van der Waals surface area (Å²) in [6, 6.07) is -3.87. The number of cyclic esters (lactones) is 1. The number of carbonyl (C=O) groups excluding carboxylic acids is 8. The van der Waals surface area contributed by atoms with Crippen molar-refractivity contribution in [1.29, 1.82) is 0 Å². The standard InChI is InChI=1S/C56H83N11O19/c1-4-33(2)49(55(83)59-38-12-17-67-16-11-35-25-36(26-37(50(35)67)51(38)79)52(80)61-41-27-48(78)86-56(41)84-3)62-43(69)32-85-24-13-57-53(81)39(5-7-44(70)71)60-54(82)40(6-8-45(72)73)58-42(68)29-63-14-9-34(10-15-63)28-64-18-20-65(30-46(74)75)22-23-66(21-19-64)31-47(76)77/h11,16,26,33-34,36,38-41,49,56H,4-10,12-15,17-25,27-32H2,1-3H3,(H,57,81)(H,58,68)(H,59,83)(H,60,82)(H,61,80)(H,62,69)(H,70,71)(H,72,73)(H,74,75)(H,76,77)/t33?,36-,38-,39?,40?,41-,49?,56-/m0/s1. The number of piperidine rings is 1. The van der Waals surface area contributed by atoms with Gasteiger partial charge in [0, 0.05) is 90.6 Å². The second-order valence-electron chi connectivity index (χ2n) is 22.6. The van der Waals surface area contributed by atoms with Gasteiger partial charge in [-0.25, -0.2) is 0 Å². The highest BCUT2D eigenvalue weighted by Crippen LogP contribution is 2.35. The molecule has 0 bridgehead atoms. The highest BCUT2D eigenvalue weighted by Gasteiger charge is 2.41. The molecule has 8 atom stereocenters. The molecule has 1 aromatic heterocycles.